The summed E-state index contributed by atoms with van der Waals surface area (Å²) in [4.78, 5) is 25.5. The summed E-state index contributed by atoms with van der Waals surface area (Å²) in [5.74, 6) is -0.406. The van der Waals surface area contributed by atoms with E-state index in [0.717, 1.165) is 24.1 Å². The second kappa shape index (κ2) is 6.83. The zero-order valence-corrected chi connectivity index (χ0v) is 13.5. The van der Waals surface area contributed by atoms with Crippen molar-refractivity contribution in [3.8, 4) is 0 Å². The van der Waals surface area contributed by atoms with Crippen molar-refractivity contribution in [2.24, 2.45) is 0 Å². The second-order valence-corrected chi connectivity index (χ2v) is 6.03. The van der Waals surface area contributed by atoms with Gasteiger partial charge in [0.15, 0.2) is 0 Å². The van der Waals surface area contributed by atoms with Crippen LogP contribution in [0.4, 0.5) is 10.1 Å². The standard InChI is InChI=1S/C19H19FN2O2/c1-13(23)22-9-8-15-4-7-18(11-16(15)12-22)21-19(24)10-14-2-5-17(20)6-3-14/h2-7,11H,8-10,12H2,1H3,(H,21,24). The zero-order chi connectivity index (χ0) is 17.1. The maximum Gasteiger partial charge on any atom is 0.228 e. The fourth-order valence-electron chi connectivity index (χ4n) is 2.90. The van der Waals surface area contributed by atoms with Crippen LogP contribution < -0.4 is 5.32 Å². The molecule has 0 aromatic heterocycles. The molecule has 124 valence electrons. The van der Waals surface area contributed by atoms with Crippen LogP contribution in [0.1, 0.15) is 23.6 Å². The summed E-state index contributed by atoms with van der Waals surface area (Å²) < 4.78 is 12.9. The molecular formula is C19H19FN2O2. The lowest BCUT2D eigenvalue weighted by atomic mass is 9.99. The van der Waals surface area contributed by atoms with E-state index in [9.17, 15) is 14.0 Å². The largest absolute Gasteiger partial charge is 0.338 e. The molecule has 0 atom stereocenters. The average molecular weight is 326 g/mol. The van der Waals surface area contributed by atoms with Gasteiger partial charge in [0.25, 0.3) is 0 Å². The van der Waals surface area contributed by atoms with E-state index >= 15 is 0 Å². The number of carbonyl (C=O) groups excluding carboxylic acids is 2. The van der Waals surface area contributed by atoms with Gasteiger partial charge in [-0.3, -0.25) is 9.59 Å². The van der Waals surface area contributed by atoms with Crippen molar-refractivity contribution in [3.63, 3.8) is 0 Å². The zero-order valence-electron chi connectivity index (χ0n) is 13.5. The van der Waals surface area contributed by atoms with Crippen LogP contribution in [-0.4, -0.2) is 23.3 Å². The molecule has 0 radical (unpaired) electrons. The smallest absolute Gasteiger partial charge is 0.228 e. The number of hydrogen-bond acceptors (Lipinski definition) is 2. The maximum absolute atomic E-state index is 12.9. The molecule has 0 saturated heterocycles. The van der Waals surface area contributed by atoms with E-state index in [-0.39, 0.29) is 24.1 Å². The van der Waals surface area contributed by atoms with Crippen LogP contribution in [0.3, 0.4) is 0 Å². The van der Waals surface area contributed by atoms with Gasteiger partial charge in [-0.05, 0) is 47.4 Å². The highest BCUT2D eigenvalue weighted by atomic mass is 19.1. The Morgan fingerprint density at radius 3 is 2.58 bits per heavy atom. The predicted octanol–water partition coefficient (Wildman–Crippen LogP) is 2.91. The predicted molar refractivity (Wildman–Crippen MR) is 90.0 cm³/mol. The fourth-order valence-corrected chi connectivity index (χ4v) is 2.90. The summed E-state index contributed by atoms with van der Waals surface area (Å²) in [7, 11) is 0. The van der Waals surface area contributed by atoms with E-state index in [1.165, 1.54) is 17.7 Å². The highest BCUT2D eigenvalue weighted by Gasteiger charge is 2.18. The molecule has 3 rings (SSSR count). The lowest BCUT2D eigenvalue weighted by Crippen LogP contribution is -2.34. The van der Waals surface area contributed by atoms with Crippen LogP contribution in [0.2, 0.25) is 0 Å². The summed E-state index contributed by atoms with van der Waals surface area (Å²) in [6, 6.07) is 11.7. The number of anilines is 1. The van der Waals surface area contributed by atoms with Gasteiger partial charge in [0.05, 0.1) is 6.42 Å². The summed E-state index contributed by atoms with van der Waals surface area (Å²) in [5.41, 5.74) is 3.75. The van der Waals surface area contributed by atoms with Crippen molar-refractivity contribution >= 4 is 17.5 Å². The first-order valence-electron chi connectivity index (χ1n) is 7.93. The maximum atomic E-state index is 12.9. The minimum Gasteiger partial charge on any atom is -0.338 e. The topological polar surface area (TPSA) is 49.4 Å². The van der Waals surface area contributed by atoms with Gasteiger partial charge in [-0.15, -0.1) is 0 Å². The van der Waals surface area contributed by atoms with Gasteiger partial charge in [-0.25, -0.2) is 4.39 Å². The monoisotopic (exact) mass is 326 g/mol. The van der Waals surface area contributed by atoms with E-state index in [2.05, 4.69) is 5.32 Å². The van der Waals surface area contributed by atoms with Crippen LogP contribution >= 0.6 is 0 Å². The first-order chi connectivity index (χ1) is 11.5. The quantitative estimate of drug-likeness (QED) is 0.943. The fraction of sp³-hybridized carbons (Fsp3) is 0.263. The number of hydrogen-bond donors (Lipinski definition) is 1. The summed E-state index contributed by atoms with van der Waals surface area (Å²) in [5, 5.41) is 2.86. The summed E-state index contributed by atoms with van der Waals surface area (Å²) in [6.07, 6.45) is 1.02. The normalized spacial score (nSPS) is 13.3. The van der Waals surface area contributed by atoms with Gasteiger partial charge in [0, 0.05) is 25.7 Å². The van der Waals surface area contributed by atoms with Gasteiger partial charge >= 0.3 is 0 Å². The van der Waals surface area contributed by atoms with Gasteiger partial charge in [-0.1, -0.05) is 18.2 Å². The molecule has 0 saturated carbocycles. The number of halogens is 1. The lowest BCUT2D eigenvalue weighted by Gasteiger charge is -2.28. The van der Waals surface area contributed by atoms with Crippen molar-refractivity contribution in [1.29, 1.82) is 0 Å². The molecule has 0 aliphatic carbocycles. The molecule has 2 amide bonds. The van der Waals surface area contributed by atoms with E-state index in [0.29, 0.717) is 12.2 Å². The van der Waals surface area contributed by atoms with E-state index < -0.39 is 0 Å². The van der Waals surface area contributed by atoms with Crippen molar-refractivity contribution in [3.05, 3.63) is 65.0 Å². The molecule has 24 heavy (non-hydrogen) atoms. The molecule has 0 fully saturated rings. The second-order valence-electron chi connectivity index (χ2n) is 6.03. The Morgan fingerprint density at radius 2 is 1.88 bits per heavy atom. The number of fused-ring (bicyclic) bond motifs is 1. The number of rotatable bonds is 3. The van der Waals surface area contributed by atoms with Crippen LogP contribution in [0.25, 0.3) is 0 Å². The van der Waals surface area contributed by atoms with E-state index in [1.54, 1.807) is 24.0 Å². The molecule has 1 heterocycles. The Kier molecular flexibility index (Phi) is 4.60. The van der Waals surface area contributed by atoms with Gasteiger partial charge in [0.1, 0.15) is 5.82 Å². The molecule has 5 heteroatoms. The van der Waals surface area contributed by atoms with Crippen molar-refractivity contribution in [2.75, 3.05) is 11.9 Å². The molecular weight excluding hydrogens is 307 g/mol. The molecule has 2 aromatic carbocycles. The van der Waals surface area contributed by atoms with Crippen LogP contribution in [0, 0.1) is 5.82 Å². The van der Waals surface area contributed by atoms with Gasteiger partial charge in [0.2, 0.25) is 11.8 Å². The highest BCUT2D eigenvalue weighted by molar-refractivity contribution is 5.92. The van der Waals surface area contributed by atoms with Crippen LogP contribution in [0.15, 0.2) is 42.5 Å². The number of nitrogens with one attached hydrogen (secondary N) is 1. The van der Waals surface area contributed by atoms with E-state index in [1.807, 2.05) is 18.2 Å². The minimum atomic E-state index is -0.316. The van der Waals surface area contributed by atoms with Gasteiger partial charge < -0.3 is 10.2 Å². The van der Waals surface area contributed by atoms with Crippen LogP contribution in [0.5, 0.6) is 0 Å². The Balaban J connectivity index is 1.67. The molecule has 1 aliphatic rings. The van der Waals surface area contributed by atoms with Crippen molar-refractivity contribution < 1.29 is 14.0 Å². The van der Waals surface area contributed by atoms with Crippen molar-refractivity contribution in [1.82, 2.24) is 4.90 Å². The Morgan fingerprint density at radius 1 is 1.12 bits per heavy atom. The molecule has 0 spiro atoms. The Hall–Kier alpha value is -2.69. The summed E-state index contributed by atoms with van der Waals surface area (Å²) in [6.45, 7) is 2.88. The molecule has 1 aliphatic heterocycles. The highest BCUT2D eigenvalue weighted by Crippen LogP contribution is 2.23. The molecule has 4 nitrogen and oxygen atoms in total. The van der Waals surface area contributed by atoms with Crippen molar-refractivity contribution in [2.45, 2.75) is 26.3 Å². The number of carbonyl (C=O) groups is 2. The third-order valence-electron chi connectivity index (χ3n) is 4.23. The average Bonchev–Trinajstić information content (AvgIpc) is 2.56. The van der Waals surface area contributed by atoms with Gasteiger partial charge in [-0.2, -0.15) is 0 Å². The number of benzene rings is 2. The SMILES string of the molecule is CC(=O)N1CCc2ccc(NC(=O)Cc3ccc(F)cc3)cc2C1. The number of nitrogens with zero attached hydrogens (tertiary/aromatic N) is 1. The number of amides is 2. The van der Waals surface area contributed by atoms with E-state index in [4.69, 9.17) is 0 Å². The molecule has 0 unspecified atom stereocenters. The molecule has 0 bridgehead atoms. The molecule has 1 N–H and O–H groups in total. The Labute approximate surface area is 140 Å². The molecule has 2 aromatic rings. The first kappa shape index (κ1) is 16.2. The minimum absolute atomic E-state index is 0.0615. The Bertz CT molecular complexity index is 771. The first-order valence-corrected chi connectivity index (χ1v) is 7.93. The third-order valence-corrected chi connectivity index (χ3v) is 4.23. The van der Waals surface area contributed by atoms with Crippen LogP contribution in [-0.2, 0) is 29.0 Å². The lowest BCUT2D eigenvalue weighted by molar-refractivity contribution is -0.129. The summed E-state index contributed by atoms with van der Waals surface area (Å²) >= 11 is 0. The third kappa shape index (κ3) is 3.79.